The monoisotopic (exact) mass is 286 g/mol. The zero-order valence-corrected chi connectivity index (χ0v) is 11.0. The van der Waals surface area contributed by atoms with E-state index in [1.54, 1.807) is 18.2 Å². The molecule has 1 heterocycles. The Kier molecular flexibility index (Phi) is 4.11. The van der Waals surface area contributed by atoms with Crippen molar-refractivity contribution in [2.75, 3.05) is 5.32 Å². The molecule has 0 bridgehead atoms. The van der Waals surface area contributed by atoms with Crippen LogP contribution in [0.3, 0.4) is 0 Å². The maximum Gasteiger partial charge on any atom is 0.131 e. The molecule has 0 aliphatic carbocycles. The van der Waals surface area contributed by atoms with E-state index in [4.69, 9.17) is 34.8 Å². The molecule has 0 unspecified atom stereocenters. The average Bonchev–Trinajstić information content (AvgIpc) is 2.28. The van der Waals surface area contributed by atoms with Gasteiger partial charge in [-0.2, -0.15) is 0 Å². The molecule has 0 spiro atoms. The van der Waals surface area contributed by atoms with Crippen molar-refractivity contribution in [1.29, 1.82) is 0 Å². The predicted octanol–water partition coefficient (Wildman–Crippen LogP) is 4.65. The lowest BCUT2D eigenvalue weighted by Crippen LogP contribution is -2.01. The van der Waals surface area contributed by atoms with Gasteiger partial charge in [0.05, 0.1) is 0 Å². The summed E-state index contributed by atoms with van der Waals surface area (Å²) in [5, 5.41) is 4.85. The molecule has 2 rings (SSSR count). The smallest absolute Gasteiger partial charge is 0.131 e. The van der Waals surface area contributed by atoms with E-state index in [-0.39, 0.29) is 0 Å². The van der Waals surface area contributed by atoms with Gasteiger partial charge in [0.2, 0.25) is 0 Å². The van der Waals surface area contributed by atoms with Gasteiger partial charge < -0.3 is 5.32 Å². The number of benzene rings is 1. The van der Waals surface area contributed by atoms with E-state index in [2.05, 4.69) is 10.3 Å². The molecule has 5 heteroatoms. The van der Waals surface area contributed by atoms with Crippen LogP contribution in [-0.4, -0.2) is 4.98 Å². The van der Waals surface area contributed by atoms with Gasteiger partial charge in [-0.25, -0.2) is 4.98 Å². The van der Waals surface area contributed by atoms with E-state index in [1.165, 1.54) is 0 Å². The Morgan fingerprint density at radius 1 is 1.06 bits per heavy atom. The number of hydrogen-bond acceptors (Lipinski definition) is 2. The zero-order chi connectivity index (χ0) is 12.3. The third-order valence-electron chi connectivity index (χ3n) is 2.19. The number of hydrogen-bond donors (Lipinski definition) is 1. The molecule has 0 fully saturated rings. The molecule has 0 aliphatic heterocycles. The van der Waals surface area contributed by atoms with Gasteiger partial charge in [0, 0.05) is 16.6 Å². The summed E-state index contributed by atoms with van der Waals surface area (Å²) < 4.78 is 0. The van der Waals surface area contributed by atoms with Crippen LogP contribution in [0.1, 0.15) is 5.56 Å². The molecule has 0 amide bonds. The van der Waals surface area contributed by atoms with Crippen molar-refractivity contribution >= 4 is 40.6 Å². The van der Waals surface area contributed by atoms with Crippen LogP contribution in [0.2, 0.25) is 15.2 Å². The topological polar surface area (TPSA) is 24.9 Å². The summed E-state index contributed by atoms with van der Waals surface area (Å²) in [6.45, 7) is 0.573. The second-order valence-corrected chi connectivity index (χ2v) is 4.67. The molecule has 2 nitrogen and oxygen atoms in total. The highest BCUT2D eigenvalue weighted by Crippen LogP contribution is 2.21. The fourth-order valence-electron chi connectivity index (χ4n) is 1.36. The summed E-state index contributed by atoms with van der Waals surface area (Å²) in [6.07, 6.45) is 0. The lowest BCUT2D eigenvalue weighted by atomic mass is 10.2. The van der Waals surface area contributed by atoms with Gasteiger partial charge in [0.25, 0.3) is 0 Å². The van der Waals surface area contributed by atoms with Gasteiger partial charge in [-0.15, -0.1) is 0 Å². The second kappa shape index (κ2) is 5.58. The number of pyridine rings is 1. The maximum absolute atomic E-state index is 6.06. The number of nitrogens with zero attached hydrogens (tertiary/aromatic N) is 1. The summed E-state index contributed by atoms with van der Waals surface area (Å²) in [6, 6.07) is 10.8. The Morgan fingerprint density at radius 3 is 2.59 bits per heavy atom. The normalized spacial score (nSPS) is 10.3. The molecule has 1 aromatic heterocycles. The van der Waals surface area contributed by atoms with Crippen LogP contribution in [-0.2, 0) is 6.54 Å². The van der Waals surface area contributed by atoms with Crippen LogP contribution in [0.15, 0.2) is 36.4 Å². The number of anilines is 1. The van der Waals surface area contributed by atoms with Gasteiger partial charge in [0.1, 0.15) is 11.0 Å². The van der Waals surface area contributed by atoms with E-state index in [9.17, 15) is 0 Å². The van der Waals surface area contributed by atoms with Gasteiger partial charge in [-0.3, -0.25) is 0 Å². The summed E-state index contributed by atoms with van der Waals surface area (Å²) in [5.41, 5.74) is 0.956. The Morgan fingerprint density at radius 2 is 1.88 bits per heavy atom. The van der Waals surface area contributed by atoms with Gasteiger partial charge in [-0.1, -0.05) is 46.9 Å². The first-order valence-electron chi connectivity index (χ1n) is 4.95. The highest BCUT2D eigenvalue weighted by atomic mass is 35.5. The molecule has 2 aromatic rings. The first-order valence-corrected chi connectivity index (χ1v) is 6.09. The Bertz CT molecular complexity index is 529. The number of aromatic nitrogens is 1. The first kappa shape index (κ1) is 12.5. The van der Waals surface area contributed by atoms with E-state index in [1.807, 2.05) is 18.2 Å². The second-order valence-electron chi connectivity index (χ2n) is 3.43. The molecule has 0 atom stereocenters. The SMILES string of the molecule is Clc1ccc(CNc2cccc(Cl)n2)c(Cl)c1. The summed E-state index contributed by atoms with van der Waals surface area (Å²) in [5.74, 6) is 0.712. The molecule has 0 radical (unpaired) electrons. The lowest BCUT2D eigenvalue weighted by molar-refractivity contribution is 1.11. The van der Waals surface area contributed by atoms with Crippen LogP contribution < -0.4 is 5.32 Å². The molecular weight excluding hydrogens is 279 g/mol. The van der Waals surface area contributed by atoms with Crippen LogP contribution in [0, 0.1) is 0 Å². The Hall–Kier alpha value is -0.960. The highest BCUT2D eigenvalue weighted by molar-refractivity contribution is 6.35. The highest BCUT2D eigenvalue weighted by Gasteiger charge is 2.01. The lowest BCUT2D eigenvalue weighted by Gasteiger charge is -2.07. The van der Waals surface area contributed by atoms with Gasteiger partial charge in [0.15, 0.2) is 0 Å². The van der Waals surface area contributed by atoms with Crippen LogP contribution in [0.4, 0.5) is 5.82 Å². The third-order valence-corrected chi connectivity index (χ3v) is 2.99. The summed E-state index contributed by atoms with van der Waals surface area (Å²) in [4.78, 5) is 4.12. The fourth-order valence-corrected chi connectivity index (χ4v) is 2.00. The standard InChI is InChI=1S/C12H9Cl3N2/c13-9-5-4-8(10(14)6-9)7-16-12-3-1-2-11(15)17-12/h1-6H,7H2,(H,16,17). The van der Waals surface area contributed by atoms with Crippen LogP contribution in [0.5, 0.6) is 0 Å². The number of rotatable bonds is 3. The summed E-state index contributed by atoms with van der Waals surface area (Å²) >= 11 is 17.7. The number of nitrogens with one attached hydrogen (secondary N) is 1. The molecule has 0 saturated carbocycles. The van der Waals surface area contributed by atoms with Crippen LogP contribution >= 0.6 is 34.8 Å². The van der Waals surface area contributed by atoms with Crippen LogP contribution in [0.25, 0.3) is 0 Å². The molecule has 1 N–H and O–H groups in total. The quantitative estimate of drug-likeness (QED) is 0.831. The van der Waals surface area contributed by atoms with E-state index in [0.717, 1.165) is 5.56 Å². The van der Waals surface area contributed by atoms with Crippen molar-refractivity contribution in [1.82, 2.24) is 4.98 Å². The van der Waals surface area contributed by atoms with Crippen molar-refractivity contribution in [3.8, 4) is 0 Å². The van der Waals surface area contributed by atoms with Crippen molar-refractivity contribution in [2.24, 2.45) is 0 Å². The van der Waals surface area contributed by atoms with Gasteiger partial charge in [-0.05, 0) is 29.8 Å². The molecule has 0 saturated heterocycles. The average molecular weight is 288 g/mol. The minimum atomic E-state index is 0.456. The van der Waals surface area contributed by atoms with Crippen molar-refractivity contribution < 1.29 is 0 Å². The van der Waals surface area contributed by atoms with Crippen molar-refractivity contribution in [2.45, 2.75) is 6.54 Å². The van der Waals surface area contributed by atoms with Crippen molar-refractivity contribution in [3.63, 3.8) is 0 Å². The minimum Gasteiger partial charge on any atom is -0.366 e. The van der Waals surface area contributed by atoms with Crippen molar-refractivity contribution in [3.05, 3.63) is 57.2 Å². The Balaban J connectivity index is 2.07. The van der Waals surface area contributed by atoms with E-state index >= 15 is 0 Å². The summed E-state index contributed by atoms with van der Waals surface area (Å²) in [7, 11) is 0. The molecule has 88 valence electrons. The molecule has 0 aliphatic rings. The minimum absolute atomic E-state index is 0.456. The zero-order valence-electron chi connectivity index (χ0n) is 8.75. The molecule has 1 aromatic carbocycles. The Labute approximate surface area is 115 Å². The van der Waals surface area contributed by atoms with Gasteiger partial charge >= 0.3 is 0 Å². The fraction of sp³-hybridized carbons (Fsp3) is 0.0833. The first-order chi connectivity index (χ1) is 8.15. The number of halogens is 3. The molecular formula is C12H9Cl3N2. The third kappa shape index (κ3) is 3.50. The van der Waals surface area contributed by atoms with E-state index in [0.29, 0.717) is 27.6 Å². The largest absolute Gasteiger partial charge is 0.366 e. The predicted molar refractivity (Wildman–Crippen MR) is 73.0 cm³/mol. The molecule has 17 heavy (non-hydrogen) atoms. The van der Waals surface area contributed by atoms with E-state index < -0.39 is 0 Å². The maximum atomic E-state index is 6.06.